The van der Waals surface area contributed by atoms with Crippen molar-refractivity contribution in [3.05, 3.63) is 46.6 Å². The number of rotatable bonds is 7. The smallest absolute Gasteiger partial charge is 0.169 e. The van der Waals surface area contributed by atoms with Crippen LogP contribution in [0.2, 0.25) is 0 Å². The fourth-order valence-corrected chi connectivity index (χ4v) is 2.31. The van der Waals surface area contributed by atoms with Crippen LogP contribution in [0.4, 0.5) is 0 Å². The minimum Gasteiger partial charge on any atom is -0.492 e. The highest BCUT2D eigenvalue weighted by Gasteiger charge is 2.18. The molecule has 1 atom stereocenters. The van der Waals surface area contributed by atoms with Gasteiger partial charge in [-0.1, -0.05) is 6.92 Å². The average molecular weight is 339 g/mol. The van der Waals surface area contributed by atoms with Crippen molar-refractivity contribution >= 4 is 15.9 Å². The van der Waals surface area contributed by atoms with Gasteiger partial charge in [-0.25, -0.2) is 0 Å². The van der Waals surface area contributed by atoms with Gasteiger partial charge in [-0.15, -0.1) is 0 Å². The van der Waals surface area contributed by atoms with Crippen LogP contribution in [0.15, 0.2) is 39.7 Å². The highest BCUT2D eigenvalue weighted by atomic mass is 79.9. The largest absolute Gasteiger partial charge is 0.492 e. The highest BCUT2D eigenvalue weighted by Crippen LogP contribution is 2.27. The summed E-state index contributed by atoms with van der Waals surface area (Å²) < 4.78 is 11.9. The van der Waals surface area contributed by atoms with Gasteiger partial charge in [-0.3, -0.25) is 4.98 Å². The third-order valence-corrected chi connectivity index (χ3v) is 3.28. The number of hydrogen-bond donors (Lipinski definition) is 1. The van der Waals surface area contributed by atoms with Gasteiger partial charge in [0, 0.05) is 6.20 Å². The average Bonchev–Trinajstić information content (AvgIpc) is 2.87. The molecule has 0 saturated carbocycles. The Kier molecular flexibility index (Phi) is 5.61. The van der Waals surface area contributed by atoms with Crippen molar-refractivity contribution in [1.82, 2.24) is 10.3 Å². The predicted octanol–water partition coefficient (Wildman–Crippen LogP) is 3.92. The lowest BCUT2D eigenvalue weighted by atomic mass is 10.1. The zero-order valence-corrected chi connectivity index (χ0v) is 13.3. The van der Waals surface area contributed by atoms with E-state index in [4.69, 9.17) is 9.15 Å². The lowest BCUT2D eigenvalue weighted by Gasteiger charge is -2.17. The highest BCUT2D eigenvalue weighted by molar-refractivity contribution is 9.10. The summed E-state index contributed by atoms with van der Waals surface area (Å²) in [6.45, 7) is 5.63. The molecule has 0 aromatic carbocycles. The molecule has 0 aliphatic heterocycles. The molecule has 20 heavy (non-hydrogen) atoms. The fraction of sp³-hybridized carbons (Fsp3) is 0.400. The van der Waals surface area contributed by atoms with Crippen molar-refractivity contribution in [2.75, 3.05) is 13.2 Å². The van der Waals surface area contributed by atoms with Crippen LogP contribution in [0.25, 0.3) is 0 Å². The second-order valence-electron chi connectivity index (χ2n) is 4.42. The molecule has 0 aliphatic carbocycles. The quantitative estimate of drug-likeness (QED) is 0.830. The molecular weight excluding hydrogens is 320 g/mol. The topological polar surface area (TPSA) is 47.3 Å². The van der Waals surface area contributed by atoms with Crippen LogP contribution in [0.5, 0.6) is 5.75 Å². The van der Waals surface area contributed by atoms with Gasteiger partial charge >= 0.3 is 0 Å². The van der Waals surface area contributed by atoms with Crippen LogP contribution in [0.3, 0.4) is 0 Å². The second-order valence-corrected chi connectivity index (χ2v) is 5.20. The van der Waals surface area contributed by atoms with Gasteiger partial charge < -0.3 is 14.5 Å². The van der Waals surface area contributed by atoms with Crippen LogP contribution in [0, 0.1) is 0 Å². The summed E-state index contributed by atoms with van der Waals surface area (Å²) in [6.07, 6.45) is 4.62. The Morgan fingerprint density at radius 2 is 2.20 bits per heavy atom. The summed E-state index contributed by atoms with van der Waals surface area (Å²) >= 11 is 3.35. The Morgan fingerprint density at radius 1 is 1.35 bits per heavy atom. The molecule has 2 aromatic rings. The van der Waals surface area contributed by atoms with Gasteiger partial charge in [0.05, 0.1) is 18.8 Å². The summed E-state index contributed by atoms with van der Waals surface area (Å²) in [6, 6.07) is 5.84. The Labute approximate surface area is 127 Å². The molecule has 0 spiro atoms. The van der Waals surface area contributed by atoms with E-state index in [1.807, 2.05) is 31.3 Å². The zero-order valence-electron chi connectivity index (χ0n) is 11.7. The normalized spacial score (nSPS) is 12.3. The Hall–Kier alpha value is -1.33. The molecule has 0 aliphatic rings. The van der Waals surface area contributed by atoms with Gasteiger partial charge in [0.15, 0.2) is 4.67 Å². The SMILES string of the molecule is CCCNC(c1cncc(OCC)c1)c1ccc(Br)o1. The van der Waals surface area contributed by atoms with Gasteiger partial charge in [0.2, 0.25) is 0 Å². The molecule has 5 heteroatoms. The van der Waals surface area contributed by atoms with Crippen molar-refractivity contribution in [3.8, 4) is 5.75 Å². The van der Waals surface area contributed by atoms with Crippen molar-refractivity contribution in [2.45, 2.75) is 26.3 Å². The summed E-state index contributed by atoms with van der Waals surface area (Å²) in [7, 11) is 0. The van der Waals surface area contributed by atoms with Crippen molar-refractivity contribution in [2.24, 2.45) is 0 Å². The summed E-state index contributed by atoms with van der Waals surface area (Å²) in [5.41, 5.74) is 1.03. The van der Waals surface area contributed by atoms with E-state index in [0.717, 1.165) is 34.7 Å². The van der Waals surface area contributed by atoms with E-state index < -0.39 is 0 Å². The van der Waals surface area contributed by atoms with Crippen molar-refractivity contribution < 1.29 is 9.15 Å². The first kappa shape index (κ1) is 15.1. The Balaban J connectivity index is 2.28. The van der Waals surface area contributed by atoms with E-state index in [1.165, 1.54) is 0 Å². The molecule has 1 N–H and O–H groups in total. The predicted molar refractivity (Wildman–Crippen MR) is 82.0 cm³/mol. The third kappa shape index (κ3) is 3.84. The fourth-order valence-electron chi connectivity index (χ4n) is 1.99. The first-order valence-electron chi connectivity index (χ1n) is 6.81. The van der Waals surface area contributed by atoms with Gasteiger partial charge in [0.25, 0.3) is 0 Å². The third-order valence-electron chi connectivity index (χ3n) is 2.86. The van der Waals surface area contributed by atoms with E-state index in [9.17, 15) is 0 Å². The number of halogens is 1. The lowest BCUT2D eigenvalue weighted by molar-refractivity contribution is 0.337. The lowest BCUT2D eigenvalue weighted by Crippen LogP contribution is -2.23. The molecule has 2 rings (SSSR count). The zero-order chi connectivity index (χ0) is 14.4. The molecule has 0 saturated heterocycles. The number of nitrogens with zero attached hydrogens (tertiary/aromatic N) is 1. The van der Waals surface area contributed by atoms with Crippen LogP contribution in [0.1, 0.15) is 37.6 Å². The molecule has 2 heterocycles. The maximum absolute atomic E-state index is 5.68. The number of hydrogen-bond acceptors (Lipinski definition) is 4. The number of furan rings is 1. The maximum atomic E-state index is 5.68. The van der Waals surface area contributed by atoms with Gasteiger partial charge in [-0.05, 0) is 59.6 Å². The minimum absolute atomic E-state index is 0.0193. The second kappa shape index (κ2) is 7.45. The van der Waals surface area contributed by atoms with Crippen molar-refractivity contribution in [3.63, 3.8) is 0 Å². The van der Waals surface area contributed by atoms with Crippen LogP contribution < -0.4 is 10.1 Å². The number of pyridine rings is 1. The van der Waals surface area contributed by atoms with Gasteiger partial charge in [-0.2, -0.15) is 0 Å². The van der Waals surface area contributed by atoms with Gasteiger partial charge in [0.1, 0.15) is 11.5 Å². The standard InChI is InChI=1S/C15H19BrN2O2/c1-3-7-18-15(13-5-6-14(16)20-13)11-8-12(19-4-2)10-17-9-11/h5-6,8-10,15,18H,3-4,7H2,1-2H3. The molecule has 2 aromatic heterocycles. The van der Waals surface area contributed by atoms with Crippen molar-refractivity contribution in [1.29, 1.82) is 0 Å². The molecule has 4 nitrogen and oxygen atoms in total. The number of nitrogens with one attached hydrogen (secondary N) is 1. The van der Waals surface area contributed by atoms with E-state index in [1.54, 1.807) is 6.20 Å². The summed E-state index contributed by atoms with van der Waals surface area (Å²) in [5, 5.41) is 3.47. The number of ether oxygens (including phenoxy) is 1. The Morgan fingerprint density at radius 3 is 2.85 bits per heavy atom. The molecule has 1 unspecified atom stereocenters. The maximum Gasteiger partial charge on any atom is 0.169 e. The van der Waals surface area contributed by atoms with Crippen LogP contribution in [-0.2, 0) is 0 Å². The molecule has 108 valence electrons. The van der Waals surface area contributed by atoms with Crippen LogP contribution >= 0.6 is 15.9 Å². The summed E-state index contributed by atoms with van der Waals surface area (Å²) in [5.74, 6) is 1.64. The molecule has 0 bridgehead atoms. The molecule has 0 fully saturated rings. The van der Waals surface area contributed by atoms with E-state index in [-0.39, 0.29) is 6.04 Å². The Bertz CT molecular complexity index is 542. The number of aromatic nitrogens is 1. The van der Waals surface area contributed by atoms with Crippen LogP contribution in [-0.4, -0.2) is 18.1 Å². The molecular formula is C15H19BrN2O2. The minimum atomic E-state index is -0.0193. The first-order chi connectivity index (χ1) is 9.74. The molecule has 0 amide bonds. The first-order valence-corrected chi connectivity index (χ1v) is 7.60. The summed E-state index contributed by atoms with van der Waals surface area (Å²) in [4.78, 5) is 4.25. The van der Waals surface area contributed by atoms with E-state index in [2.05, 4.69) is 33.2 Å². The monoisotopic (exact) mass is 338 g/mol. The van der Waals surface area contributed by atoms with E-state index in [0.29, 0.717) is 6.61 Å². The van der Waals surface area contributed by atoms with E-state index >= 15 is 0 Å². The molecule has 0 radical (unpaired) electrons.